The molecule has 1 aromatic heterocycles. The minimum atomic E-state index is -2.22. The number of hydrogen-bond acceptors (Lipinski definition) is 2. The minimum absolute atomic E-state index is 0.101. The number of benzene rings is 1. The van der Waals surface area contributed by atoms with Gasteiger partial charge in [0.05, 0.1) is 0 Å². The average molecular weight is 263 g/mol. The molecule has 8 heteroatoms. The van der Waals surface area contributed by atoms with Gasteiger partial charge in [0.2, 0.25) is 5.82 Å². The van der Waals surface area contributed by atoms with Crippen LogP contribution in [-0.4, -0.2) is 9.78 Å². The summed E-state index contributed by atoms with van der Waals surface area (Å²) < 4.78 is 66.3. The van der Waals surface area contributed by atoms with E-state index in [4.69, 9.17) is 5.73 Å². The molecule has 0 saturated carbocycles. The van der Waals surface area contributed by atoms with Crippen molar-refractivity contribution in [1.29, 1.82) is 0 Å². The summed E-state index contributed by atoms with van der Waals surface area (Å²) in [5.74, 6) is -10.3. The van der Waals surface area contributed by atoms with Crippen LogP contribution in [0.5, 0.6) is 0 Å². The van der Waals surface area contributed by atoms with Crippen LogP contribution in [0, 0.1) is 36.0 Å². The molecule has 2 rings (SSSR count). The fourth-order valence-corrected chi connectivity index (χ4v) is 1.50. The highest BCUT2D eigenvalue weighted by atomic mass is 19.2. The summed E-state index contributed by atoms with van der Waals surface area (Å²) >= 11 is 0. The standard InChI is InChI=1S/C10H6F5N3/c1-3-2-4(16)17-18(3)10-8(14)6(12)5(11)7(13)9(10)15/h2H,1H3,(H2,16,17). The van der Waals surface area contributed by atoms with E-state index in [2.05, 4.69) is 5.10 Å². The molecule has 0 aliphatic heterocycles. The van der Waals surface area contributed by atoms with Gasteiger partial charge in [-0.3, -0.25) is 0 Å². The van der Waals surface area contributed by atoms with Gasteiger partial charge < -0.3 is 5.73 Å². The molecule has 0 unspecified atom stereocenters. The second kappa shape index (κ2) is 3.97. The molecule has 0 amide bonds. The molecule has 96 valence electrons. The molecular formula is C10H6F5N3. The van der Waals surface area contributed by atoms with E-state index < -0.39 is 34.8 Å². The van der Waals surface area contributed by atoms with Gasteiger partial charge in [0.25, 0.3) is 0 Å². The number of rotatable bonds is 1. The highest BCUT2D eigenvalue weighted by Gasteiger charge is 2.28. The number of aryl methyl sites for hydroxylation is 1. The van der Waals surface area contributed by atoms with Crippen molar-refractivity contribution in [3.8, 4) is 5.69 Å². The first-order chi connectivity index (χ1) is 8.34. The number of nitrogen functional groups attached to an aromatic ring is 1. The smallest absolute Gasteiger partial charge is 0.200 e. The zero-order valence-electron chi connectivity index (χ0n) is 8.94. The number of nitrogens with zero attached hydrogens (tertiary/aromatic N) is 2. The molecule has 0 aliphatic rings. The number of hydrogen-bond donors (Lipinski definition) is 1. The maximum atomic E-state index is 13.5. The van der Waals surface area contributed by atoms with Crippen LogP contribution in [0.3, 0.4) is 0 Å². The van der Waals surface area contributed by atoms with E-state index in [1.807, 2.05) is 0 Å². The number of halogens is 5. The summed E-state index contributed by atoms with van der Waals surface area (Å²) in [6.45, 7) is 1.36. The second-order valence-corrected chi connectivity index (χ2v) is 3.54. The van der Waals surface area contributed by atoms with Crippen LogP contribution in [0.2, 0.25) is 0 Å². The van der Waals surface area contributed by atoms with E-state index in [1.165, 1.54) is 13.0 Å². The molecule has 0 radical (unpaired) electrons. The van der Waals surface area contributed by atoms with Crippen molar-refractivity contribution in [1.82, 2.24) is 9.78 Å². The Kier molecular flexibility index (Phi) is 2.72. The van der Waals surface area contributed by atoms with Crippen molar-refractivity contribution in [2.45, 2.75) is 6.92 Å². The molecule has 0 saturated heterocycles. The number of nitrogens with two attached hydrogens (primary N) is 1. The molecule has 0 spiro atoms. The monoisotopic (exact) mass is 263 g/mol. The van der Waals surface area contributed by atoms with Crippen molar-refractivity contribution in [3.63, 3.8) is 0 Å². The molecule has 2 N–H and O–H groups in total. The Hall–Kier alpha value is -2.12. The summed E-state index contributed by atoms with van der Waals surface area (Å²) in [6, 6.07) is 1.23. The zero-order valence-corrected chi connectivity index (χ0v) is 8.94. The van der Waals surface area contributed by atoms with Crippen LogP contribution >= 0.6 is 0 Å². The maximum absolute atomic E-state index is 13.5. The molecule has 0 atom stereocenters. The van der Waals surface area contributed by atoms with E-state index in [9.17, 15) is 22.0 Å². The van der Waals surface area contributed by atoms with Crippen molar-refractivity contribution < 1.29 is 22.0 Å². The molecular weight excluding hydrogens is 257 g/mol. The Morgan fingerprint density at radius 3 is 1.78 bits per heavy atom. The molecule has 2 aromatic rings. The summed E-state index contributed by atoms with van der Waals surface area (Å²) in [5.41, 5.74) is 4.27. The first-order valence-electron chi connectivity index (χ1n) is 4.68. The summed E-state index contributed by atoms with van der Waals surface area (Å²) in [6.07, 6.45) is 0. The third kappa shape index (κ3) is 1.60. The number of aromatic nitrogens is 2. The fraction of sp³-hybridized carbons (Fsp3) is 0.100. The van der Waals surface area contributed by atoms with Crippen molar-refractivity contribution in [2.75, 3.05) is 5.73 Å². The van der Waals surface area contributed by atoms with Gasteiger partial charge in [-0.25, -0.2) is 26.6 Å². The minimum Gasteiger partial charge on any atom is -0.382 e. The summed E-state index contributed by atoms with van der Waals surface area (Å²) in [5, 5.41) is 3.47. The van der Waals surface area contributed by atoms with Crippen LogP contribution < -0.4 is 5.73 Å². The molecule has 1 aromatic carbocycles. The van der Waals surface area contributed by atoms with E-state index in [-0.39, 0.29) is 11.5 Å². The lowest BCUT2D eigenvalue weighted by molar-refractivity contribution is 0.373. The van der Waals surface area contributed by atoms with Gasteiger partial charge in [-0.15, -0.1) is 0 Å². The van der Waals surface area contributed by atoms with Gasteiger partial charge in [-0.1, -0.05) is 0 Å². The first-order valence-corrected chi connectivity index (χ1v) is 4.68. The van der Waals surface area contributed by atoms with Gasteiger partial charge >= 0.3 is 0 Å². The van der Waals surface area contributed by atoms with Crippen LogP contribution in [0.25, 0.3) is 5.69 Å². The second-order valence-electron chi connectivity index (χ2n) is 3.54. The van der Waals surface area contributed by atoms with Crippen LogP contribution in [-0.2, 0) is 0 Å². The predicted molar refractivity (Wildman–Crippen MR) is 52.5 cm³/mol. The third-order valence-corrected chi connectivity index (χ3v) is 2.30. The lowest BCUT2D eigenvalue weighted by Gasteiger charge is -2.09. The number of anilines is 1. The van der Waals surface area contributed by atoms with Gasteiger partial charge in [0.1, 0.15) is 11.5 Å². The maximum Gasteiger partial charge on any atom is 0.200 e. The van der Waals surface area contributed by atoms with Crippen molar-refractivity contribution in [2.24, 2.45) is 0 Å². The average Bonchev–Trinajstić information content (AvgIpc) is 2.64. The lowest BCUT2D eigenvalue weighted by atomic mass is 10.2. The normalized spacial score (nSPS) is 11.0. The van der Waals surface area contributed by atoms with Gasteiger partial charge in [0, 0.05) is 11.8 Å². The lowest BCUT2D eigenvalue weighted by Crippen LogP contribution is -2.11. The molecule has 1 heterocycles. The zero-order chi connectivity index (χ0) is 13.6. The van der Waals surface area contributed by atoms with Crippen molar-refractivity contribution in [3.05, 3.63) is 40.8 Å². The molecule has 0 bridgehead atoms. The largest absolute Gasteiger partial charge is 0.382 e. The van der Waals surface area contributed by atoms with Gasteiger partial charge in [0.15, 0.2) is 23.3 Å². The van der Waals surface area contributed by atoms with Gasteiger partial charge in [-0.05, 0) is 6.92 Å². The van der Waals surface area contributed by atoms with Crippen molar-refractivity contribution >= 4 is 5.82 Å². The first kappa shape index (κ1) is 12.3. The van der Waals surface area contributed by atoms with E-state index in [1.54, 1.807) is 0 Å². The Morgan fingerprint density at radius 1 is 0.944 bits per heavy atom. The van der Waals surface area contributed by atoms with Crippen LogP contribution in [0.15, 0.2) is 6.07 Å². The molecule has 0 aliphatic carbocycles. The third-order valence-electron chi connectivity index (χ3n) is 2.30. The Morgan fingerprint density at radius 2 is 1.39 bits per heavy atom. The Labute approximate surface area is 97.6 Å². The highest BCUT2D eigenvalue weighted by Crippen LogP contribution is 2.27. The van der Waals surface area contributed by atoms with Crippen LogP contribution in [0.1, 0.15) is 5.69 Å². The topological polar surface area (TPSA) is 43.8 Å². The van der Waals surface area contributed by atoms with E-state index >= 15 is 0 Å². The molecule has 18 heavy (non-hydrogen) atoms. The van der Waals surface area contributed by atoms with Crippen LogP contribution in [0.4, 0.5) is 27.8 Å². The summed E-state index contributed by atoms with van der Waals surface area (Å²) in [4.78, 5) is 0. The molecule has 0 fully saturated rings. The predicted octanol–water partition coefficient (Wildman–Crippen LogP) is 2.46. The van der Waals surface area contributed by atoms with Gasteiger partial charge in [-0.2, -0.15) is 5.10 Å². The summed E-state index contributed by atoms with van der Waals surface area (Å²) in [7, 11) is 0. The molecule has 3 nitrogen and oxygen atoms in total. The van der Waals surface area contributed by atoms with E-state index in [0.717, 1.165) is 0 Å². The Bertz CT molecular complexity index is 606. The quantitative estimate of drug-likeness (QED) is 0.488. The fourth-order valence-electron chi connectivity index (χ4n) is 1.50. The highest BCUT2D eigenvalue weighted by molar-refractivity contribution is 5.41. The van der Waals surface area contributed by atoms with E-state index in [0.29, 0.717) is 4.68 Å². The SMILES string of the molecule is Cc1cc(N)nn1-c1c(F)c(F)c(F)c(F)c1F. The Balaban J connectivity index is 2.84.